The third-order valence-corrected chi connectivity index (χ3v) is 5.26. The molecule has 2 atom stereocenters. The van der Waals surface area contributed by atoms with Gasteiger partial charge in [-0.25, -0.2) is 0 Å². The van der Waals surface area contributed by atoms with Crippen LogP contribution in [0.3, 0.4) is 0 Å². The molecule has 0 radical (unpaired) electrons. The van der Waals surface area contributed by atoms with Crippen molar-refractivity contribution in [1.29, 1.82) is 0 Å². The number of rotatable bonds is 5. The quantitative estimate of drug-likeness (QED) is 0.797. The highest BCUT2D eigenvalue weighted by molar-refractivity contribution is 7.99. The average Bonchev–Trinajstić information content (AvgIpc) is 3.01. The molecule has 0 aromatic carbocycles. The van der Waals surface area contributed by atoms with Gasteiger partial charge >= 0.3 is 0 Å². The molecule has 2 nitrogen and oxygen atoms in total. The number of thioether (sulfide) groups is 1. The minimum Gasteiger partial charge on any atom is -0.311 e. The number of likely N-dealkylation sites (tertiary alicyclic amines) is 1. The van der Waals surface area contributed by atoms with E-state index in [4.69, 9.17) is 0 Å². The van der Waals surface area contributed by atoms with Crippen molar-refractivity contribution >= 4 is 11.8 Å². The molecule has 2 aliphatic rings. The fourth-order valence-corrected chi connectivity index (χ4v) is 2.81. The van der Waals surface area contributed by atoms with Crippen LogP contribution in [0, 0.1) is 0 Å². The van der Waals surface area contributed by atoms with Gasteiger partial charge in [0, 0.05) is 36.0 Å². The molecule has 0 amide bonds. The van der Waals surface area contributed by atoms with Gasteiger partial charge in [0.05, 0.1) is 0 Å². The van der Waals surface area contributed by atoms with Gasteiger partial charge in [0.2, 0.25) is 0 Å². The Labute approximate surface area is 105 Å². The summed E-state index contributed by atoms with van der Waals surface area (Å²) < 4.78 is 0.371. The molecule has 2 fully saturated rings. The molecule has 2 rings (SSSR count). The lowest BCUT2D eigenvalue weighted by atomic mass is 10.1. The maximum absolute atomic E-state index is 3.75. The molecule has 1 saturated carbocycles. The zero-order valence-electron chi connectivity index (χ0n) is 11.1. The minimum absolute atomic E-state index is 0.371. The largest absolute Gasteiger partial charge is 0.311 e. The van der Waals surface area contributed by atoms with E-state index in [1.54, 1.807) is 0 Å². The molecule has 3 heteroatoms. The molecule has 1 aliphatic carbocycles. The van der Waals surface area contributed by atoms with Gasteiger partial charge < -0.3 is 5.32 Å². The first-order chi connectivity index (χ1) is 7.52. The number of nitrogens with one attached hydrogen (secondary N) is 1. The second-order valence-electron chi connectivity index (χ2n) is 6.05. The standard InChI is InChI=1S/C13H26N2S/c1-10-7-11(8-15(10)12-5-6-12)14-9-13(2,3)16-4/h10-12,14H,5-9H2,1-4H3. The van der Waals surface area contributed by atoms with Gasteiger partial charge in [0.1, 0.15) is 0 Å². The van der Waals surface area contributed by atoms with Crippen LogP contribution in [0.2, 0.25) is 0 Å². The Hall–Kier alpha value is 0.270. The Morgan fingerprint density at radius 1 is 1.38 bits per heavy atom. The summed E-state index contributed by atoms with van der Waals surface area (Å²) in [5.74, 6) is 0. The van der Waals surface area contributed by atoms with Crippen molar-refractivity contribution in [3.8, 4) is 0 Å². The monoisotopic (exact) mass is 242 g/mol. The molecular weight excluding hydrogens is 216 g/mol. The third-order valence-electron chi connectivity index (χ3n) is 4.01. The van der Waals surface area contributed by atoms with Crippen LogP contribution in [-0.4, -0.2) is 47.1 Å². The van der Waals surface area contributed by atoms with Crippen molar-refractivity contribution in [2.75, 3.05) is 19.3 Å². The van der Waals surface area contributed by atoms with Crippen LogP contribution in [0.25, 0.3) is 0 Å². The predicted octanol–water partition coefficient (Wildman–Crippen LogP) is 2.34. The lowest BCUT2D eigenvalue weighted by molar-refractivity contribution is 0.255. The molecule has 16 heavy (non-hydrogen) atoms. The van der Waals surface area contributed by atoms with Crippen LogP contribution in [0.5, 0.6) is 0 Å². The molecule has 1 heterocycles. The zero-order chi connectivity index (χ0) is 11.8. The summed E-state index contributed by atoms with van der Waals surface area (Å²) in [5.41, 5.74) is 0. The molecule has 0 spiro atoms. The third kappa shape index (κ3) is 3.14. The summed E-state index contributed by atoms with van der Waals surface area (Å²) >= 11 is 1.95. The lowest BCUT2D eigenvalue weighted by Gasteiger charge is -2.25. The SMILES string of the molecule is CSC(C)(C)CNC1CC(C)N(C2CC2)C1. The smallest absolute Gasteiger partial charge is 0.0225 e. The van der Waals surface area contributed by atoms with Crippen LogP contribution in [0.4, 0.5) is 0 Å². The Bertz CT molecular complexity index is 238. The lowest BCUT2D eigenvalue weighted by Crippen LogP contribution is -2.40. The number of nitrogens with zero attached hydrogens (tertiary/aromatic N) is 1. The van der Waals surface area contributed by atoms with E-state index < -0.39 is 0 Å². The van der Waals surface area contributed by atoms with Crippen molar-refractivity contribution in [3.63, 3.8) is 0 Å². The summed E-state index contributed by atoms with van der Waals surface area (Å²) in [6.45, 7) is 9.43. The molecule has 94 valence electrons. The first-order valence-electron chi connectivity index (χ1n) is 6.56. The van der Waals surface area contributed by atoms with Crippen LogP contribution in [0.1, 0.15) is 40.0 Å². The van der Waals surface area contributed by atoms with Gasteiger partial charge in [-0.3, -0.25) is 4.90 Å². The van der Waals surface area contributed by atoms with Crippen LogP contribution < -0.4 is 5.32 Å². The van der Waals surface area contributed by atoms with Crippen LogP contribution in [0.15, 0.2) is 0 Å². The van der Waals surface area contributed by atoms with E-state index >= 15 is 0 Å². The zero-order valence-corrected chi connectivity index (χ0v) is 11.9. The molecule has 0 aromatic rings. The maximum Gasteiger partial charge on any atom is 0.0225 e. The van der Waals surface area contributed by atoms with Gasteiger partial charge in [0.15, 0.2) is 0 Å². The first kappa shape index (κ1) is 12.7. The molecular formula is C13H26N2S. The normalized spacial score (nSPS) is 32.2. The Balaban J connectivity index is 1.75. The van der Waals surface area contributed by atoms with Crippen LogP contribution in [-0.2, 0) is 0 Å². The van der Waals surface area contributed by atoms with Crippen molar-refractivity contribution < 1.29 is 0 Å². The van der Waals surface area contributed by atoms with E-state index in [1.165, 1.54) is 25.8 Å². The Morgan fingerprint density at radius 2 is 2.06 bits per heavy atom. The number of hydrogen-bond acceptors (Lipinski definition) is 3. The van der Waals surface area contributed by atoms with Crippen molar-refractivity contribution in [2.24, 2.45) is 0 Å². The molecule has 1 N–H and O–H groups in total. The predicted molar refractivity (Wildman–Crippen MR) is 73.2 cm³/mol. The van der Waals surface area contributed by atoms with E-state index in [2.05, 4.69) is 37.2 Å². The van der Waals surface area contributed by atoms with E-state index in [1.807, 2.05) is 11.8 Å². The van der Waals surface area contributed by atoms with E-state index in [0.29, 0.717) is 4.75 Å². The topological polar surface area (TPSA) is 15.3 Å². The highest BCUT2D eigenvalue weighted by Gasteiger charge is 2.38. The van der Waals surface area contributed by atoms with Crippen LogP contribution >= 0.6 is 11.8 Å². The maximum atomic E-state index is 3.75. The van der Waals surface area contributed by atoms with Crippen molar-refractivity contribution in [1.82, 2.24) is 10.2 Å². The summed E-state index contributed by atoms with van der Waals surface area (Å²) in [4.78, 5) is 2.71. The fraction of sp³-hybridized carbons (Fsp3) is 1.00. The van der Waals surface area contributed by atoms with E-state index in [0.717, 1.165) is 24.7 Å². The Morgan fingerprint density at radius 3 is 2.62 bits per heavy atom. The molecule has 1 saturated heterocycles. The highest BCUT2D eigenvalue weighted by atomic mass is 32.2. The molecule has 0 bridgehead atoms. The van der Waals surface area contributed by atoms with Crippen molar-refractivity contribution in [3.05, 3.63) is 0 Å². The summed E-state index contributed by atoms with van der Waals surface area (Å²) in [7, 11) is 0. The van der Waals surface area contributed by atoms with Gasteiger partial charge in [-0.1, -0.05) is 0 Å². The number of hydrogen-bond donors (Lipinski definition) is 1. The summed E-state index contributed by atoms with van der Waals surface area (Å²) in [6, 6.07) is 2.44. The van der Waals surface area contributed by atoms with Gasteiger partial charge in [-0.05, 0) is 46.3 Å². The Kier molecular flexibility index (Phi) is 3.87. The van der Waals surface area contributed by atoms with E-state index in [9.17, 15) is 0 Å². The molecule has 2 unspecified atom stereocenters. The first-order valence-corrected chi connectivity index (χ1v) is 7.78. The molecule has 0 aromatic heterocycles. The van der Waals surface area contributed by atoms with Gasteiger partial charge in [-0.2, -0.15) is 11.8 Å². The fourth-order valence-electron chi connectivity index (χ4n) is 2.58. The van der Waals surface area contributed by atoms with Gasteiger partial charge in [0.25, 0.3) is 0 Å². The van der Waals surface area contributed by atoms with E-state index in [-0.39, 0.29) is 0 Å². The second kappa shape index (κ2) is 4.87. The molecule has 1 aliphatic heterocycles. The average molecular weight is 242 g/mol. The summed E-state index contributed by atoms with van der Waals surface area (Å²) in [6.07, 6.45) is 6.41. The minimum atomic E-state index is 0.371. The summed E-state index contributed by atoms with van der Waals surface area (Å²) in [5, 5.41) is 3.75. The van der Waals surface area contributed by atoms with Crippen molar-refractivity contribution in [2.45, 2.75) is 62.9 Å². The highest BCUT2D eigenvalue weighted by Crippen LogP contribution is 2.33. The second-order valence-corrected chi connectivity index (χ2v) is 7.57. The van der Waals surface area contributed by atoms with Gasteiger partial charge in [-0.15, -0.1) is 0 Å².